The SMILES string of the molecule is c1ccc(OCCOCCOCCOCCOCCOCCOCCOCCOCCOCCOCCOCCOc2ccccc2)cc1. The van der Waals surface area contributed by atoms with E-state index in [1.165, 1.54) is 0 Å². The van der Waals surface area contributed by atoms with E-state index in [1.54, 1.807) is 0 Å². The van der Waals surface area contributed by atoms with Crippen LogP contribution in [-0.4, -0.2) is 159 Å². The summed E-state index contributed by atoms with van der Waals surface area (Å²) < 4.78 is 71.4. The zero-order valence-corrected chi connectivity index (χ0v) is 29.1. The van der Waals surface area contributed by atoms with Gasteiger partial charge >= 0.3 is 0 Å². The quantitative estimate of drug-likeness (QED) is 0.0955. The van der Waals surface area contributed by atoms with Gasteiger partial charge in [0.05, 0.1) is 145 Å². The predicted molar refractivity (Wildman–Crippen MR) is 183 cm³/mol. The lowest BCUT2D eigenvalue weighted by Crippen LogP contribution is -2.15. The standard InChI is InChI=1S/C36H58O13/c1-3-7-35(8-4-1)48-33-31-46-29-27-44-25-23-42-21-19-40-17-15-38-13-11-37-12-14-39-16-18-41-20-22-43-24-26-45-28-30-47-32-34-49-36-9-5-2-6-10-36/h1-10H,11-34H2. The molecule has 13 heteroatoms. The Hall–Kier alpha value is -2.40. The average Bonchev–Trinajstić information content (AvgIpc) is 3.13. The highest BCUT2D eigenvalue weighted by atomic mass is 16.6. The molecule has 49 heavy (non-hydrogen) atoms. The number of rotatable bonds is 38. The van der Waals surface area contributed by atoms with Crippen LogP contribution in [0, 0.1) is 0 Å². The van der Waals surface area contributed by atoms with Crippen molar-refractivity contribution in [3.8, 4) is 11.5 Å². The summed E-state index contributed by atoms with van der Waals surface area (Å²) in [4.78, 5) is 0. The largest absolute Gasteiger partial charge is 0.491 e. The third kappa shape index (κ3) is 30.2. The van der Waals surface area contributed by atoms with Gasteiger partial charge in [0, 0.05) is 0 Å². The molecule has 13 nitrogen and oxygen atoms in total. The fourth-order valence-corrected chi connectivity index (χ4v) is 3.77. The highest BCUT2D eigenvalue weighted by Crippen LogP contribution is 2.08. The number of hydrogen-bond acceptors (Lipinski definition) is 13. The van der Waals surface area contributed by atoms with Gasteiger partial charge in [0.15, 0.2) is 0 Å². The normalized spacial score (nSPS) is 11.3. The molecule has 0 heterocycles. The molecule has 0 saturated carbocycles. The predicted octanol–water partition coefficient (Wildman–Crippen LogP) is 3.33. The second kappa shape index (κ2) is 35.4. The summed E-state index contributed by atoms with van der Waals surface area (Å²) in [7, 11) is 0. The van der Waals surface area contributed by atoms with Crippen molar-refractivity contribution in [1.29, 1.82) is 0 Å². The summed E-state index contributed by atoms with van der Waals surface area (Å²) in [6, 6.07) is 19.3. The molecule has 0 aliphatic heterocycles. The van der Waals surface area contributed by atoms with Gasteiger partial charge < -0.3 is 61.6 Å². The number of benzene rings is 2. The van der Waals surface area contributed by atoms with Crippen molar-refractivity contribution in [2.45, 2.75) is 0 Å². The van der Waals surface area contributed by atoms with Crippen LogP contribution in [0.5, 0.6) is 11.5 Å². The smallest absolute Gasteiger partial charge is 0.119 e. The van der Waals surface area contributed by atoms with Gasteiger partial charge in [-0.1, -0.05) is 36.4 Å². The molecule has 2 aromatic rings. The maximum Gasteiger partial charge on any atom is 0.119 e. The third-order valence-electron chi connectivity index (χ3n) is 6.20. The molecule has 2 rings (SSSR count). The Kier molecular flexibility index (Phi) is 30.9. The third-order valence-corrected chi connectivity index (χ3v) is 6.20. The second-order valence-corrected chi connectivity index (χ2v) is 10.1. The van der Waals surface area contributed by atoms with Crippen LogP contribution in [0.15, 0.2) is 60.7 Å². The molecule has 0 unspecified atom stereocenters. The van der Waals surface area contributed by atoms with Crippen molar-refractivity contribution in [2.75, 3.05) is 159 Å². The Bertz CT molecular complexity index is 837. The van der Waals surface area contributed by atoms with E-state index in [-0.39, 0.29) is 0 Å². The van der Waals surface area contributed by atoms with Crippen LogP contribution in [0.1, 0.15) is 0 Å². The van der Waals surface area contributed by atoms with Crippen molar-refractivity contribution >= 4 is 0 Å². The Morgan fingerprint density at radius 3 is 0.551 bits per heavy atom. The summed E-state index contributed by atoms with van der Waals surface area (Å²) in [6.07, 6.45) is 0. The minimum atomic E-state index is 0.507. The molecule has 0 fully saturated rings. The van der Waals surface area contributed by atoms with Crippen LogP contribution >= 0.6 is 0 Å². The van der Waals surface area contributed by atoms with E-state index in [0.717, 1.165) is 11.5 Å². The van der Waals surface area contributed by atoms with Gasteiger partial charge in [-0.3, -0.25) is 0 Å². The lowest BCUT2D eigenvalue weighted by Gasteiger charge is -2.09. The van der Waals surface area contributed by atoms with Crippen molar-refractivity contribution in [1.82, 2.24) is 0 Å². The molecule has 0 spiro atoms. The zero-order valence-electron chi connectivity index (χ0n) is 29.1. The van der Waals surface area contributed by atoms with E-state index in [2.05, 4.69) is 0 Å². The van der Waals surface area contributed by atoms with Gasteiger partial charge in [0.1, 0.15) is 24.7 Å². The Morgan fingerprint density at radius 1 is 0.204 bits per heavy atom. The molecule has 0 saturated heterocycles. The Morgan fingerprint density at radius 2 is 0.367 bits per heavy atom. The maximum absolute atomic E-state index is 5.56. The zero-order chi connectivity index (χ0) is 34.4. The first-order chi connectivity index (χ1) is 24.4. The van der Waals surface area contributed by atoms with Gasteiger partial charge in [-0.05, 0) is 24.3 Å². The highest BCUT2D eigenvalue weighted by molar-refractivity contribution is 5.21. The topological polar surface area (TPSA) is 120 Å². The molecular weight excluding hydrogens is 640 g/mol. The molecule has 0 atom stereocenters. The monoisotopic (exact) mass is 698 g/mol. The van der Waals surface area contributed by atoms with Crippen molar-refractivity contribution in [2.24, 2.45) is 0 Å². The van der Waals surface area contributed by atoms with Crippen LogP contribution < -0.4 is 9.47 Å². The van der Waals surface area contributed by atoms with E-state index in [1.807, 2.05) is 60.7 Å². The van der Waals surface area contributed by atoms with Crippen LogP contribution in [-0.2, 0) is 52.1 Å². The molecule has 2 aromatic carbocycles. The molecule has 0 bridgehead atoms. The minimum Gasteiger partial charge on any atom is -0.491 e. The summed E-state index contributed by atoms with van der Waals surface area (Å²) in [6.45, 7) is 12.4. The first-order valence-corrected chi connectivity index (χ1v) is 17.2. The summed E-state index contributed by atoms with van der Waals surface area (Å²) in [5, 5.41) is 0. The summed E-state index contributed by atoms with van der Waals surface area (Å²) in [5.74, 6) is 1.69. The first kappa shape index (κ1) is 42.8. The van der Waals surface area contributed by atoms with Crippen molar-refractivity contribution in [3.05, 3.63) is 60.7 Å². The molecule has 0 aromatic heterocycles. The van der Waals surface area contributed by atoms with Gasteiger partial charge in [-0.25, -0.2) is 0 Å². The van der Waals surface area contributed by atoms with Crippen LogP contribution in [0.25, 0.3) is 0 Å². The molecule has 0 amide bonds. The first-order valence-electron chi connectivity index (χ1n) is 17.2. The van der Waals surface area contributed by atoms with Gasteiger partial charge in [-0.15, -0.1) is 0 Å². The van der Waals surface area contributed by atoms with E-state index in [9.17, 15) is 0 Å². The minimum absolute atomic E-state index is 0.507. The number of ether oxygens (including phenoxy) is 13. The molecule has 280 valence electrons. The number of hydrogen-bond donors (Lipinski definition) is 0. The molecule has 0 aliphatic carbocycles. The summed E-state index contributed by atoms with van der Waals surface area (Å²) >= 11 is 0. The fourth-order valence-electron chi connectivity index (χ4n) is 3.77. The van der Waals surface area contributed by atoms with Gasteiger partial charge in [0.2, 0.25) is 0 Å². The van der Waals surface area contributed by atoms with Crippen molar-refractivity contribution in [3.63, 3.8) is 0 Å². The average molecular weight is 699 g/mol. The highest BCUT2D eigenvalue weighted by Gasteiger charge is 1.97. The van der Waals surface area contributed by atoms with E-state index in [4.69, 9.17) is 61.6 Å². The Labute approximate surface area is 292 Å². The summed E-state index contributed by atoms with van der Waals surface area (Å²) in [5.41, 5.74) is 0. The molecule has 0 aliphatic rings. The van der Waals surface area contributed by atoms with E-state index >= 15 is 0 Å². The van der Waals surface area contributed by atoms with Crippen LogP contribution in [0.3, 0.4) is 0 Å². The van der Waals surface area contributed by atoms with Crippen LogP contribution in [0.4, 0.5) is 0 Å². The van der Waals surface area contributed by atoms with Gasteiger partial charge in [-0.2, -0.15) is 0 Å². The van der Waals surface area contributed by atoms with Crippen molar-refractivity contribution < 1.29 is 61.6 Å². The molecular formula is C36H58O13. The van der Waals surface area contributed by atoms with Gasteiger partial charge in [0.25, 0.3) is 0 Å². The Balaban J connectivity index is 1.12. The lowest BCUT2D eigenvalue weighted by atomic mass is 10.3. The fraction of sp³-hybridized carbons (Fsp3) is 0.667. The van der Waals surface area contributed by atoms with E-state index < -0.39 is 0 Å². The second-order valence-electron chi connectivity index (χ2n) is 10.1. The number of para-hydroxylation sites is 2. The molecule has 0 N–H and O–H groups in total. The lowest BCUT2D eigenvalue weighted by molar-refractivity contribution is -0.0279. The van der Waals surface area contributed by atoms with Crippen LogP contribution in [0.2, 0.25) is 0 Å². The maximum atomic E-state index is 5.56. The molecule has 0 radical (unpaired) electrons. The van der Waals surface area contributed by atoms with E-state index in [0.29, 0.717) is 159 Å².